The second-order valence-corrected chi connectivity index (χ2v) is 7.75. The molecule has 2 heterocycles. The van der Waals surface area contributed by atoms with Crippen LogP contribution in [0.25, 0.3) is 22.1 Å². The van der Waals surface area contributed by atoms with E-state index in [1.807, 2.05) is 30.3 Å². The van der Waals surface area contributed by atoms with Crippen molar-refractivity contribution in [2.75, 3.05) is 18.5 Å². The molecule has 0 amide bonds. The van der Waals surface area contributed by atoms with E-state index in [1.54, 1.807) is 0 Å². The molecule has 1 saturated carbocycles. The molecule has 144 valence electrons. The van der Waals surface area contributed by atoms with E-state index in [4.69, 9.17) is 31.7 Å². The molecule has 1 aromatic heterocycles. The summed E-state index contributed by atoms with van der Waals surface area (Å²) in [7, 11) is 0. The Bertz CT molecular complexity index is 1050. The van der Waals surface area contributed by atoms with Crippen LogP contribution in [0.3, 0.4) is 0 Å². The Morgan fingerprint density at radius 2 is 1.50 bits per heavy atom. The van der Waals surface area contributed by atoms with Gasteiger partial charge < -0.3 is 20.1 Å². The van der Waals surface area contributed by atoms with Crippen LogP contribution in [0.1, 0.15) is 32.1 Å². The predicted molar refractivity (Wildman–Crippen MR) is 114 cm³/mol. The van der Waals surface area contributed by atoms with E-state index >= 15 is 0 Å². The van der Waals surface area contributed by atoms with Gasteiger partial charge in [0.15, 0.2) is 16.6 Å². The highest BCUT2D eigenvalue weighted by Gasteiger charge is 2.16. The van der Waals surface area contributed by atoms with E-state index in [-0.39, 0.29) is 0 Å². The highest BCUT2D eigenvalue weighted by molar-refractivity contribution is 7.80. The number of nitrogens with one attached hydrogen (secondary N) is 2. The Hall–Kier alpha value is -2.67. The molecule has 3 aromatic rings. The number of benzene rings is 2. The van der Waals surface area contributed by atoms with Gasteiger partial charge in [-0.15, -0.1) is 0 Å². The molecule has 5 rings (SSSR count). The first-order valence-electron chi connectivity index (χ1n) is 9.83. The average molecular weight is 395 g/mol. The van der Waals surface area contributed by atoms with Crippen LogP contribution in [-0.4, -0.2) is 34.3 Å². The quantitative estimate of drug-likeness (QED) is 0.499. The zero-order valence-corrected chi connectivity index (χ0v) is 16.3. The van der Waals surface area contributed by atoms with Crippen molar-refractivity contribution in [3.05, 3.63) is 30.3 Å². The Kier molecular flexibility index (Phi) is 4.60. The normalized spacial score (nSPS) is 16.9. The lowest BCUT2D eigenvalue weighted by molar-refractivity contribution is 0.172. The van der Waals surface area contributed by atoms with Crippen LogP contribution in [0, 0.1) is 0 Å². The lowest BCUT2D eigenvalue weighted by atomic mass is 9.96. The summed E-state index contributed by atoms with van der Waals surface area (Å²) in [6.45, 7) is 1.11. The molecule has 0 radical (unpaired) electrons. The topological polar surface area (TPSA) is 68.3 Å². The Morgan fingerprint density at radius 3 is 2.21 bits per heavy atom. The standard InChI is InChI=1S/C21H22N4O2S/c28-21(22-13-4-2-1-3-5-13)23-14-6-7-15-16(10-14)25-18-12-20-19(11-17(18)24-15)26-8-9-27-20/h6-7,10-13H,1-5,8-9H2,(H2,22,23,28). The number of nitrogens with zero attached hydrogens (tertiary/aromatic N) is 2. The van der Waals surface area contributed by atoms with E-state index in [9.17, 15) is 0 Å². The molecular formula is C21H22N4O2S. The van der Waals surface area contributed by atoms with Crippen LogP contribution >= 0.6 is 12.2 Å². The van der Waals surface area contributed by atoms with Crippen molar-refractivity contribution in [3.8, 4) is 11.5 Å². The predicted octanol–water partition coefficient (Wildman–Crippen LogP) is 4.17. The van der Waals surface area contributed by atoms with E-state index in [1.165, 1.54) is 32.1 Å². The molecule has 0 atom stereocenters. The van der Waals surface area contributed by atoms with Crippen molar-refractivity contribution in [1.82, 2.24) is 15.3 Å². The van der Waals surface area contributed by atoms with Crippen molar-refractivity contribution in [2.24, 2.45) is 0 Å². The van der Waals surface area contributed by atoms with Crippen molar-refractivity contribution >= 4 is 45.1 Å². The fraction of sp³-hybridized carbons (Fsp3) is 0.381. The molecule has 1 fully saturated rings. The van der Waals surface area contributed by atoms with Crippen LogP contribution in [0.5, 0.6) is 11.5 Å². The highest BCUT2D eigenvalue weighted by atomic mass is 32.1. The highest BCUT2D eigenvalue weighted by Crippen LogP contribution is 2.34. The maximum Gasteiger partial charge on any atom is 0.170 e. The number of hydrogen-bond acceptors (Lipinski definition) is 5. The van der Waals surface area contributed by atoms with Crippen LogP contribution in [0.15, 0.2) is 30.3 Å². The number of hydrogen-bond donors (Lipinski definition) is 2. The monoisotopic (exact) mass is 394 g/mol. The average Bonchev–Trinajstić information content (AvgIpc) is 2.71. The Labute approximate surface area is 168 Å². The minimum Gasteiger partial charge on any atom is -0.486 e. The van der Waals surface area contributed by atoms with Gasteiger partial charge >= 0.3 is 0 Å². The fourth-order valence-electron chi connectivity index (χ4n) is 3.89. The van der Waals surface area contributed by atoms with Gasteiger partial charge in [-0.3, -0.25) is 0 Å². The van der Waals surface area contributed by atoms with E-state index in [0.29, 0.717) is 24.4 Å². The molecule has 0 unspecified atom stereocenters. The minimum atomic E-state index is 0.478. The van der Waals surface area contributed by atoms with Gasteiger partial charge in [0, 0.05) is 23.9 Å². The first-order valence-corrected chi connectivity index (χ1v) is 10.2. The Balaban J connectivity index is 1.40. The summed E-state index contributed by atoms with van der Waals surface area (Å²) in [5.74, 6) is 1.45. The number of fused-ring (bicyclic) bond motifs is 3. The maximum atomic E-state index is 5.66. The first-order chi connectivity index (χ1) is 13.7. The van der Waals surface area contributed by atoms with Crippen molar-refractivity contribution in [2.45, 2.75) is 38.1 Å². The first kappa shape index (κ1) is 17.4. The molecule has 0 bridgehead atoms. The Morgan fingerprint density at radius 1 is 0.857 bits per heavy atom. The van der Waals surface area contributed by atoms with Gasteiger partial charge in [-0.1, -0.05) is 19.3 Å². The van der Waals surface area contributed by atoms with Crippen LogP contribution < -0.4 is 20.1 Å². The van der Waals surface area contributed by atoms with Gasteiger partial charge in [0.05, 0.1) is 22.1 Å². The second-order valence-electron chi connectivity index (χ2n) is 7.35. The maximum absolute atomic E-state index is 5.66. The molecule has 2 aromatic carbocycles. The van der Waals surface area contributed by atoms with E-state index in [0.717, 1.165) is 39.3 Å². The largest absolute Gasteiger partial charge is 0.486 e. The molecule has 2 aliphatic rings. The summed E-state index contributed by atoms with van der Waals surface area (Å²) in [6.07, 6.45) is 6.25. The molecule has 1 aliphatic heterocycles. The smallest absolute Gasteiger partial charge is 0.170 e. The van der Waals surface area contributed by atoms with Gasteiger partial charge in [0.25, 0.3) is 0 Å². The third-order valence-electron chi connectivity index (χ3n) is 5.29. The number of ether oxygens (including phenoxy) is 2. The third-order valence-corrected chi connectivity index (χ3v) is 5.51. The van der Waals surface area contributed by atoms with Crippen LogP contribution in [0.4, 0.5) is 5.69 Å². The third kappa shape index (κ3) is 3.54. The van der Waals surface area contributed by atoms with Gasteiger partial charge in [0.1, 0.15) is 13.2 Å². The second kappa shape index (κ2) is 7.39. The molecule has 0 saturated heterocycles. The summed E-state index contributed by atoms with van der Waals surface area (Å²) < 4.78 is 11.3. The SMILES string of the molecule is S=C(Nc1ccc2nc3cc4c(cc3nc2c1)OCCO4)NC1CCCCC1. The molecular weight excluding hydrogens is 372 g/mol. The van der Waals surface area contributed by atoms with Crippen LogP contribution in [-0.2, 0) is 0 Å². The lowest BCUT2D eigenvalue weighted by Gasteiger charge is -2.24. The molecule has 1 aliphatic carbocycles. The molecule has 0 spiro atoms. The van der Waals surface area contributed by atoms with Gasteiger partial charge in [-0.25, -0.2) is 9.97 Å². The number of anilines is 1. The lowest BCUT2D eigenvalue weighted by Crippen LogP contribution is -2.38. The van der Waals surface area contributed by atoms with Crippen molar-refractivity contribution in [1.29, 1.82) is 0 Å². The summed E-state index contributed by atoms with van der Waals surface area (Å²) in [5, 5.41) is 7.39. The number of rotatable bonds is 2. The van der Waals surface area contributed by atoms with Crippen LogP contribution in [0.2, 0.25) is 0 Å². The van der Waals surface area contributed by atoms with Gasteiger partial charge in [-0.05, 0) is 43.3 Å². The van der Waals surface area contributed by atoms with Crippen molar-refractivity contribution in [3.63, 3.8) is 0 Å². The van der Waals surface area contributed by atoms with E-state index in [2.05, 4.69) is 10.6 Å². The van der Waals surface area contributed by atoms with Gasteiger partial charge in [-0.2, -0.15) is 0 Å². The summed E-state index contributed by atoms with van der Waals surface area (Å²) in [5.41, 5.74) is 4.14. The number of thiocarbonyl (C=S) groups is 1. The fourth-order valence-corrected chi connectivity index (χ4v) is 4.18. The summed E-state index contributed by atoms with van der Waals surface area (Å²) in [4.78, 5) is 9.49. The van der Waals surface area contributed by atoms with Crippen molar-refractivity contribution < 1.29 is 9.47 Å². The van der Waals surface area contributed by atoms with E-state index < -0.39 is 0 Å². The van der Waals surface area contributed by atoms with Gasteiger partial charge in [0.2, 0.25) is 0 Å². The molecule has 6 nitrogen and oxygen atoms in total. The number of aromatic nitrogens is 2. The summed E-state index contributed by atoms with van der Waals surface area (Å²) >= 11 is 5.49. The summed E-state index contributed by atoms with van der Waals surface area (Å²) in [6, 6.07) is 10.2. The zero-order chi connectivity index (χ0) is 18.9. The molecule has 7 heteroatoms. The minimum absolute atomic E-state index is 0.478. The molecule has 28 heavy (non-hydrogen) atoms. The molecule has 2 N–H and O–H groups in total. The zero-order valence-electron chi connectivity index (χ0n) is 15.5.